The van der Waals surface area contributed by atoms with Crippen molar-refractivity contribution in [1.82, 2.24) is 10.2 Å². The summed E-state index contributed by atoms with van der Waals surface area (Å²) in [5.74, 6) is -2.12. The van der Waals surface area contributed by atoms with E-state index >= 15 is 0 Å². The first-order chi connectivity index (χ1) is 9.73. The highest BCUT2D eigenvalue weighted by atomic mass is 79.9. The van der Waals surface area contributed by atoms with Crippen molar-refractivity contribution in [3.8, 4) is 5.75 Å². The zero-order chi connectivity index (χ0) is 15.8. The van der Waals surface area contributed by atoms with Gasteiger partial charge in [0.1, 0.15) is 5.75 Å². The van der Waals surface area contributed by atoms with Gasteiger partial charge in [-0.2, -0.15) is 0 Å². The van der Waals surface area contributed by atoms with E-state index in [1.54, 1.807) is 0 Å². The zero-order valence-corrected chi connectivity index (χ0v) is 14.1. The van der Waals surface area contributed by atoms with Gasteiger partial charge in [0.15, 0.2) is 11.6 Å². The fourth-order valence-corrected chi connectivity index (χ4v) is 3.37. The Labute approximate surface area is 132 Å². The fraction of sp³-hybridized carbons (Fsp3) is 0.600. The molecule has 0 bridgehead atoms. The number of piperazine rings is 1. The number of aromatic hydroxyl groups is 1. The highest BCUT2D eigenvalue weighted by Crippen LogP contribution is 2.45. The van der Waals surface area contributed by atoms with Crippen LogP contribution in [0.25, 0.3) is 0 Å². The molecular weight excluding hydrogens is 342 g/mol. The van der Waals surface area contributed by atoms with Crippen LogP contribution in [-0.2, 0) is 0 Å². The highest BCUT2D eigenvalue weighted by Gasteiger charge is 2.37. The number of rotatable bonds is 2. The van der Waals surface area contributed by atoms with Gasteiger partial charge in [0.2, 0.25) is 0 Å². The molecule has 6 heteroatoms. The lowest BCUT2D eigenvalue weighted by atomic mass is 9.80. The Bertz CT molecular complexity index is 499. The molecule has 0 radical (unpaired) electrons. The molecule has 1 fully saturated rings. The predicted molar refractivity (Wildman–Crippen MR) is 82.4 cm³/mol. The Hall–Kier alpha value is -0.720. The molecule has 1 heterocycles. The summed E-state index contributed by atoms with van der Waals surface area (Å²) < 4.78 is 28.3. The number of nitrogens with zero attached hydrogens (tertiary/aromatic N) is 1. The number of hydrogen-bond donors (Lipinski definition) is 2. The quantitative estimate of drug-likeness (QED) is 0.791. The van der Waals surface area contributed by atoms with Crippen LogP contribution in [-0.4, -0.2) is 36.2 Å². The number of nitrogens with one attached hydrogen (secondary N) is 1. The molecule has 118 valence electrons. The molecule has 0 spiro atoms. The molecule has 21 heavy (non-hydrogen) atoms. The Kier molecular flexibility index (Phi) is 4.90. The van der Waals surface area contributed by atoms with Crippen molar-refractivity contribution in [3.63, 3.8) is 0 Å². The molecule has 0 saturated carbocycles. The van der Waals surface area contributed by atoms with E-state index in [4.69, 9.17) is 0 Å². The van der Waals surface area contributed by atoms with E-state index in [1.165, 1.54) is 0 Å². The second-order valence-corrected chi connectivity index (χ2v) is 7.33. The van der Waals surface area contributed by atoms with Gasteiger partial charge in [0.05, 0.1) is 10.0 Å². The van der Waals surface area contributed by atoms with Gasteiger partial charge in [-0.1, -0.05) is 20.8 Å². The van der Waals surface area contributed by atoms with Crippen molar-refractivity contribution in [1.29, 1.82) is 0 Å². The van der Waals surface area contributed by atoms with Crippen LogP contribution >= 0.6 is 15.9 Å². The van der Waals surface area contributed by atoms with Crippen molar-refractivity contribution >= 4 is 15.9 Å². The van der Waals surface area contributed by atoms with Crippen molar-refractivity contribution < 1.29 is 13.9 Å². The van der Waals surface area contributed by atoms with Gasteiger partial charge >= 0.3 is 0 Å². The summed E-state index contributed by atoms with van der Waals surface area (Å²) in [6.45, 7) is 8.97. The van der Waals surface area contributed by atoms with Crippen LogP contribution in [0.3, 0.4) is 0 Å². The van der Waals surface area contributed by atoms with Crippen molar-refractivity contribution in [2.45, 2.75) is 26.8 Å². The first-order valence-electron chi connectivity index (χ1n) is 7.04. The van der Waals surface area contributed by atoms with Crippen molar-refractivity contribution in [3.05, 3.63) is 27.7 Å². The lowest BCUT2D eigenvalue weighted by Gasteiger charge is -2.42. The summed E-state index contributed by atoms with van der Waals surface area (Å²) in [5, 5.41) is 13.5. The zero-order valence-electron chi connectivity index (χ0n) is 12.5. The first-order valence-corrected chi connectivity index (χ1v) is 7.84. The van der Waals surface area contributed by atoms with Crippen LogP contribution in [0.5, 0.6) is 5.75 Å². The van der Waals surface area contributed by atoms with Crippen LogP contribution in [0.1, 0.15) is 32.4 Å². The smallest absolute Gasteiger partial charge is 0.167 e. The maximum Gasteiger partial charge on any atom is 0.167 e. The van der Waals surface area contributed by atoms with Gasteiger partial charge < -0.3 is 10.4 Å². The molecular formula is C15H21BrF2N2O. The third-order valence-corrected chi connectivity index (χ3v) is 4.40. The molecule has 1 aliphatic heterocycles. The SMILES string of the molecule is CC(C)(C)[C@H](c1c(O)c(Br)cc(F)c1F)N1CCNCC1. The van der Waals surface area contributed by atoms with E-state index in [9.17, 15) is 13.9 Å². The number of phenols is 1. The van der Waals surface area contributed by atoms with Crippen molar-refractivity contribution in [2.24, 2.45) is 5.41 Å². The second-order valence-electron chi connectivity index (χ2n) is 6.47. The van der Waals surface area contributed by atoms with Gasteiger partial charge in [-0.05, 0) is 27.4 Å². The van der Waals surface area contributed by atoms with Gasteiger partial charge in [0, 0.05) is 32.2 Å². The molecule has 0 aromatic heterocycles. The number of halogens is 3. The standard InChI is InChI=1S/C15H21BrF2N2O/c1-15(2,3)14(20-6-4-19-5-7-20)11-12(18)10(17)8-9(16)13(11)21/h8,14,19,21H,4-7H2,1-3H3/t14-/m0/s1. The summed E-state index contributed by atoms with van der Waals surface area (Å²) in [6, 6.07) is 0.567. The van der Waals surface area contributed by atoms with E-state index < -0.39 is 17.7 Å². The van der Waals surface area contributed by atoms with Crippen LogP contribution in [0, 0.1) is 17.0 Å². The summed E-state index contributed by atoms with van der Waals surface area (Å²) in [5.41, 5.74) is -0.306. The number of phenolic OH excluding ortho intramolecular Hbond substituents is 1. The monoisotopic (exact) mass is 362 g/mol. The molecule has 1 aromatic rings. The molecule has 1 aliphatic rings. The molecule has 3 nitrogen and oxygen atoms in total. The van der Waals surface area contributed by atoms with Crippen LogP contribution in [0.4, 0.5) is 8.78 Å². The minimum absolute atomic E-state index is 0.0382. The molecule has 1 atom stereocenters. The van der Waals surface area contributed by atoms with Gasteiger partial charge in [0.25, 0.3) is 0 Å². The van der Waals surface area contributed by atoms with Crippen molar-refractivity contribution in [2.75, 3.05) is 26.2 Å². The Balaban J connectivity index is 2.56. The first kappa shape index (κ1) is 16.6. The molecule has 0 unspecified atom stereocenters. The summed E-state index contributed by atoms with van der Waals surface area (Å²) in [4.78, 5) is 2.10. The minimum atomic E-state index is -0.964. The Morgan fingerprint density at radius 1 is 1.29 bits per heavy atom. The van der Waals surface area contributed by atoms with E-state index in [2.05, 4.69) is 26.1 Å². The lowest BCUT2D eigenvalue weighted by molar-refractivity contribution is 0.0806. The molecule has 0 amide bonds. The van der Waals surface area contributed by atoms with E-state index in [0.717, 1.165) is 32.2 Å². The topological polar surface area (TPSA) is 35.5 Å². The van der Waals surface area contributed by atoms with Crippen LogP contribution in [0.15, 0.2) is 10.5 Å². The minimum Gasteiger partial charge on any atom is -0.506 e. The van der Waals surface area contributed by atoms with E-state index in [1.807, 2.05) is 20.8 Å². The van der Waals surface area contributed by atoms with E-state index in [0.29, 0.717) is 0 Å². The number of hydrogen-bond acceptors (Lipinski definition) is 3. The molecule has 0 aliphatic carbocycles. The molecule has 1 saturated heterocycles. The molecule has 2 N–H and O–H groups in total. The fourth-order valence-electron chi connectivity index (χ4n) is 2.96. The largest absolute Gasteiger partial charge is 0.506 e. The van der Waals surface area contributed by atoms with E-state index in [-0.39, 0.29) is 21.2 Å². The van der Waals surface area contributed by atoms with Gasteiger partial charge in [-0.15, -0.1) is 0 Å². The summed E-state index contributed by atoms with van der Waals surface area (Å²) in [7, 11) is 0. The third-order valence-electron chi connectivity index (χ3n) is 3.79. The Morgan fingerprint density at radius 3 is 2.38 bits per heavy atom. The third kappa shape index (κ3) is 3.38. The lowest BCUT2D eigenvalue weighted by Crippen LogP contribution is -2.48. The normalized spacial score (nSPS) is 18.8. The highest BCUT2D eigenvalue weighted by molar-refractivity contribution is 9.10. The molecule has 2 rings (SSSR count). The van der Waals surface area contributed by atoms with Crippen LogP contribution < -0.4 is 5.32 Å². The average Bonchev–Trinajstić information content (AvgIpc) is 2.41. The predicted octanol–water partition coefficient (Wildman–Crippen LogP) is 3.43. The summed E-state index contributed by atoms with van der Waals surface area (Å²) >= 11 is 3.10. The maximum absolute atomic E-state index is 14.4. The van der Waals surface area contributed by atoms with Crippen LogP contribution in [0.2, 0.25) is 0 Å². The van der Waals surface area contributed by atoms with Gasteiger partial charge in [-0.25, -0.2) is 8.78 Å². The summed E-state index contributed by atoms with van der Waals surface area (Å²) in [6.07, 6.45) is 0. The maximum atomic E-state index is 14.4. The number of benzene rings is 1. The molecule has 1 aromatic carbocycles. The average molecular weight is 363 g/mol. The van der Waals surface area contributed by atoms with Gasteiger partial charge in [-0.3, -0.25) is 4.90 Å². The second kappa shape index (κ2) is 6.18. The Morgan fingerprint density at radius 2 is 1.86 bits per heavy atom.